The van der Waals surface area contributed by atoms with E-state index in [0.717, 1.165) is 0 Å². The van der Waals surface area contributed by atoms with E-state index in [4.69, 9.17) is 29.6 Å². The number of nitrogens with two attached hydrogens (primary N) is 1. The van der Waals surface area contributed by atoms with Crippen molar-refractivity contribution in [3.63, 3.8) is 0 Å². The molecule has 84 valence electrons. The molecule has 0 bridgehead atoms. The van der Waals surface area contributed by atoms with Gasteiger partial charge in [0.25, 0.3) is 0 Å². The molecule has 5 nitrogen and oxygen atoms in total. The maximum absolute atomic E-state index is 11.1. The number of hydrogen-bond acceptors (Lipinski definition) is 3. The van der Waals surface area contributed by atoms with Gasteiger partial charge >= 0.3 is 0 Å². The largest absolute Gasteiger partial charge is 0.368 e. The maximum atomic E-state index is 11.1. The van der Waals surface area contributed by atoms with Crippen molar-refractivity contribution >= 4 is 40.9 Å². The number of primary amides is 1. The molecule has 0 fully saturated rings. The minimum Gasteiger partial charge on any atom is -0.368 e. The maximum Gasteiger partial charge on any atom is 0.240 e. The van der Waals surface area contributed by atoms with Crippen molar-refractivity contribution in [2.24, 2.45) is 5.73 Å². The second-order valence-corrected chi connectivity index (χ2v) is 4.23. The van der Waals surface area contributed by atoms with Crippen LogP contribution in [0, 0.1) is 4.77 Å². The average Bonchev–Trinajstić information content (AvgIpc) is 2.51. The molecule has 2 aromatic heterocycles. The van der Waals surface area contributed by atoms with Crippen LogP contribution in [0.2, 0.25) is 5.02 Å². The highest BCUT2D eigenvalue weighted by molar-refractivity contribution is 7.71. The lowest BCUT2D eigenvalue weighted by Crippen LogP contribution is -2.24. The van der Waals surface area contributed by atoms with Gasteiger partial charge in [0.15, 0.2) is 10.4 Å². The molecule has 0 aromatic carbocycles. The second kappa shape index (κ2) is 3.88. The molecule has 7 heteroatoms. The number of nitrogens with zero attached hydrogens (tertiary/aromatic N) is 2. The number of aromatic nitrogens is 3. The first-order chi connectivity index (χ1) is 7.50. The smallest absolute Gasteiger partial charge is 0.240 e. The molecule has 2 heterocycles. The number of H-pyrrole nitrogens is 1. The van der Waals surface area contributed by atoms with Crippen LogP contribution in [-0.4, -0.2) is 20.4 Å². The Balaban J connectivity index is 2.74. The number of imidazole rings is 1. The fourth-order valence-electron chi connectivity index (χ4n) is 1.47. The number of hydrogen-bond donors (Lipinski definition) is 2. The number of carbonyl (C=O) groups excluding carboxylic acids is 1. The van der Waals surface area contributed by atoms with E-state index < -0.39 is 11.9 Å². The molecule has 0 spiro atoms. The second-order valence-electron chi connectivity index (χ2n) is 3.40. The summed E-state index contributed by atoms with van der Waals surface area (Å²) in [5.41, 5.74) is 6.50. The fourth-order valence-corrected chi connectivity index (χ4v) is 1.99. The van der Waals surface area contributed by atoms with Gasteiger partial charge in [0.05, 0.1) is 10.5 Å². The van der Waals surface area contributed by atoms with Crippen molar-refractivity contribution in [3.05, 3.63) is 22.1 Å². The van der Waals surface area contributed by atoms with Gasteiger partial charge in [-0.1, -0.05) is 11.6 Å². The molecule has 0 radical (unpaired) electrons. The van der Waals surface area contributed by atoms with Crippen LogP contribution in [0.3, 0.4) is 0 Å². The summed E-state index contributed by atoms with van der Waals surface area (Å²) in [7, 11) is 0. The van der Waals surface area contributed by atoms with Gasteiger partial charge in [0.1, 0.15) is 6.04 Å². The summed E-state index contributed by atoms with van der Waals surface area (Å²) >= 11 is 10.9. The molecule has 0 aliphatic carbocycles. The van der Waals surface area contributed by atoms with Crippen molar-refractivity contribution in [1.82, 2.24) is 14.5 Å². The monoisotopic (exact) mass is 256 g/mol. The van der Waals surface area contributed by atoms with Gasteiger partial charge in [-0.15, -0.1) is 0 Å². The Morgan fingerprint density at radius 2 is 2.44 bits per heavy atom. The van der Waals surface area contributed by atoms with Gasteiger partial charge in [0, 0.05) is 6.20 Å². The molecular formula is C9H9ClN4OS. The first-order valence-corrected chi connectivity index (χ1v) is 5.34. The quantitative estimate of drug-likeness (QED) is 0.805. The minimum atomic E-state index is -0.546. The number of fused-ring (bicyclic) bond motifs is 1. The molecule has 16 heavy (non-hydrogen) atoms. The molecule has 0 saturated carbocycles. The lowest BCUT2D eigenvalue weighted by Gasteiger charge is -2.09. The molecule has 0 saturated heterocycles. The number of rotatable bonds is 2. The normalized spacial score (nSPS) is 12.9. The van der Waals surface area contributed by atoms with E-state index in [1.807, 2.05) is 0 Å². The van der Waals surface area contributed by atoms with Crippen LogP contribution in [0.15, 0.2) is 12.3 Å². The number of halogens is 1. The zero-order valence-electron chi connectivity index (χ0n) is 8.40. The zero-order valence-corrected chi connectivity index (χ0v) is 9.97. The minimum absolute atomic E-state index is 0.399. The Bertz CT molecular complexity index is 617. The van der Waals surface area contributed by atoms with Crippen LogP contribution in [0.5, 0.6) is 0 Å². The number of aromatic amines is 1. The van der Waals surface area contributed by atoms with Gasteiger partial charge < -0.3 is 10.7 Å². The van der Waals surface area contributed by atoms with Crippen LogP contribution in [0.4, 0.5) is 0 Å². The average molecular weight is 257 g/mol. The van der Waals surface area contributed by atoms with Gasteiger partial charge in [0.2, 0.25) is 5.91 Å². The Morgan fingerprint density at radius 3 is 3.06 bits per heavy atom. The van der Waals surface area contributed by atoms with E-state index in [1.165, 1.54) is 6.20 Å². The molecule has 1 unspecified atom stereocenters. The predicted octanol–water partition coefficient (Wildman–Crippen LogP) is 1.79. The van der Waals surface area contributed by atoms with E-state index in [-0.39, 0.29) is 0 Å². The topological polar surface area (TPSA) is 76.7 Å². The number of nitrogens with one attached hydrogen (secondary N) is 1. The lowest BCUT2D eigenvalue weighted by molar-refractivity contribution is -0.120. The Labute approximate surface area is 101 Å². The standard InChI is InChI=1S/C9H9ClN4OS/c1-4(7(11)15)14-8-6(13-9(14)16)2-5(10)3-12-8/h2-4H,1H3,(H2,11,15)(H,13,16). The number of amides is 1. The highest BCUT2D eigenvalue weighted by Crippen LogP contribution is 2.19. The van der Waals surface area contributed by atoms with Gasteiger partial charge in [-0.2, -0.15) is 0 Å². The third-order valence-electron chi connectivity index (χ3n) is 2.32. The van der Waals surface area contributed by atoms with Crippen LogP contribution >= 0.6 is 23.8 Å². The predicted molar refractivity (Wildman–Crippen MR) is 63.8 cm³/mol. The van der Waals surface area contributed by atoms with Gasteiger partial charge in [-0.3, -0.25) is 9.36 Å². The lowest BCUT2D eigenvalue weighted by atomic mass is 10.3. The fraction of sp³-hybridized carbons (Fsp3) is 0.222. The summed E-state index contributed by atoms with van der Waals surface area (Å²) in [6.45, 7) is 1.67. The van der Waals surface area contributed by atoms with Crippen LogP contribution in [0.25, 0.3) is 11.2 Å². The van der Waals surface area contributed by atoms with E-state index in [9.17, 15) is 4.79 Å². The van der Waals surface area contributed by atoms with E-state index in [2.05, 4.69) is 9.97 Å². The van der Waals surface area contributed by atoms with Crippen molar-refractivity contribution in [1.29, 1.82) is 0 Å². The summed E-state index contributed by atoms with van der Waals surface area (Å²) in [5.74, 6) is -0.464. The number of carbonyl (C=O) groups is 1. The third-order valence-corrected chi connectivity index (χ3v) is 2.83. The van der Waals surface area contributed by atoms with Crippen molar-refractivity contribution in [2.45, 2.75) is 13.0 Å². The summed E-state index contributed by atoms with van der Waals surface area (Å²) in [4.78, 5) is 18.2. The molecule has 3 N–H and O–H groups in total. The first-order valence-electron chi connectivity index (χ1n) is 4.56. The molecular weight excluding hydrogens is 248 g/mol. The molecule has 0 aliphatic rings. The van der Waals surface area contributed by atoms with Crippen molar-refractivity contribution in [3.8, 4) is 0 Å². The van der Waals surface area contributed by atoms with E-state index >= 15 is 0 Å². The summed E-state index contributed by atoms with van der Waals surface area (Å²) in [6, 6.07) is 1.15. The highest BCUT2D eigenvalue weighted by atomic mass is 35.5. The van der Waals surface area contributed by atoms with Crippen molar-refractivity contribution in [2.75, 3.05) is 0 Å². The van der Waals surface area contributed by atoms with Crippen molar-refractivity contribution < 1.29 is 4.79 Å². The summed E-state index contributed by atoms with van der Waals surface area (Å²) < 4.78 is 1.97. The molecule has 0 aliphatic heterocycles. The first kappa shape index (κ1) is 11.1. The Morgan fingerprint density at radius 1 is 1.75 bits per heavy atom. The van der Waals surface area contributed by atoms with Gasteiger partial charge in [-0.25, -0.2) is 4.98 Å². The van der Waals surface area contributed by atoms with Crippen LogP contribution < -0.4 is 5.73 Å². The SMILES string of the molecule is CC(C(N)=O)n1c(=S)[nH]c2cc(Cl)cnc21. The van der Waals surface area contributed by atoms with Crippen LogP contribution in [0.1, 0.15) is 13.0 Å². The summed E-state index contributed by atoms with van der Waals surface area (Å²) in [6.07, 6.45) is 1.50. The molecule has 2 rings (SSSR count). The molecule has 1 atom stereocenters. The molecule has 1 amide bonds. The third kappa shape index (κ3) is 1.70. The van der Waals surface area contributed by atoms with E-state index in [1.54, 1.807) is 17.6 Å². The zero-order chi connectivity index (χ0) is 11.9. The summed E-state index contributed by atoms with van der Waals surface area (Å²) in [5, 5.41) is 0.502. The van der Waals surface area contributed by atoms with Crippen LogP contribution in [-0.2, 0) is 4.79 Å². The Kier molecular flexibility index (Phi) is 2.69. The van der Waals surface area contributed by atoms with Gasteiger partial charge in [-0.05, 0) is 25.2 Å². The molecule has 2 aromatic rings. The highest BCUT2D eigenvalue weighted by Gasteiger charge is 2.16. The Hall–Kier alpha value is -1.40. The number of pyridine rings is 1. The van der Waals surface area contributed by atoms with E-state index in [0.29, 0.717) is 21.0 Å².